The molecule has 72 valence electrons. The molecule has 1 unspecified atom stereocenters. The van der Waals surface area contributed by atoms with Crippen molar-refractivity contribution in [2.45, 2.75) is 38.4 Å². The van der Waals surface area contributed by atoms with Gasteiger partial charge in [0.05, 0.1) is 0 Å². The zero-order valence-corrected chi connectivity index (χ0v) is 8.95. The Kier molecular flexibility index (Phi) is 7.61. The third kappa shape index (κ3) is 6.68. The van der Waals surface area contributed by atoms with Gasteiger partial charge in [-0.25, -0.2) is 0 Å². The van der Waals surface area contributed by atoms with Crippen molar-refractivity contribution in [3.63, 3.8) is 0 Å². The van der Waals surface area contributed by atoms with Crippen LogP contribution >= 0.6 is 11.8 Å². The Bertz CT molecular complexity index is 126. The van der Waals surface area contributed by atoms with Crippen LogP contribution in [-0.4, -0.2) is 24.1 Å². The number of hydrogen-bond donors (Lipinski definition) is 0. The first kappa shape index (κ1) is 12.0. The summed E-state index contributed by atoms with van der Waals surface area (Å²) in [4.78, 5) is 10.8. The van der Waals surface area contributed by atoms with Gasteiger partial charge in [-0.05, 0) is 12.8 Å². The summed E-state index contributed by atoms with van der Waals surface area (Å²) in [5.41, 5.74) is 0. The van der Waals surface area contributed by atoms with E-state index in [1.807, 2.05) is 0 Å². The molecule has 0 aromatic heterocycles. The summed E-state index contributed by atoms with van der Waals surface area (Å²) in [6, 6.07) is 0. The smallest absolute Gasteiger partial charge is 0.186 e. The topological polar surface area (TPSA) is 26.3 Å². The van der Waals surface area contributed by atoms with Gasteiger partial charge in [0, 0.05) is 25.9 Å². The SMILES string of the molecule is CCCC(CCOC)SC(C)=O. The first-order valence-corrected chi connectivity index (χ1v) is 5.24. The molecule has 0 heterocycles. The number of thioether (sulfide) groups is 1. The van der Waals surface area contributed by atoms with E-state index in [-0.39, 0.29) is 5.12 Å². The van der Waals surface area contributed by atoms with Crippen molar-refractivity contribution < 1.29 is 9.53 Å². The standard InChI is InChI=1S/C9H18O2S/c1-4-5-9(6-7-11-3)12-8(2)10/h9H,4-7H2,1-3H3. The number of rotatable bonds is 6. The highest BCUT2D eigenvalue weighted by atomic mass is 32.2. The molecule has 12 heavy (non-hydrogen) atoms. The van der Waals surface area contributed by atoms with E-state index < -0.39 is 0 Å². The maximum atomic E-state index is 10.8. The van der Waals surface area contributed by atoms with Crippen LogP contribution in [0, 0.1) is 0 Å². The van der Waals surface area contributed by atoms with Crippen LogP contribution < -0.4 is 0 Å². The van der Waals surface area contributed by atoms with Crippen LogP contribution in [0.3, 0.4) is 0 Å². The first-order valence-electron chi connectivity index (χ1n) is 4.36. The lowest BCUT2D eigenvalue weighted by atomic mass is 10.2. The van der Waals surface area contributed by atoms with E-state index >= 15 is 0 Å². The molecule has 0 radical (unpaired) electrons. The second kappa shape index (κ2) is 7.62. The Balaban J connectivity index is 3.61. The second-order valence-corrected chi connectivity index (χ2v) is 4.28. The molecule has 0 rings (SSSR count). The number of ether oxygens (including phenoxy) is 1. The zero-order chi connectivity index (χ0) is 9.40. The molecule has 0 spiro atoms. The summed E-state index contributed by atoms with van der Waals surface area (Å²) < 4.78 is 4.98. The Hall–Kier alpha value is -0.0200. The summed E-state index contributed by atoms with van der Waals surface area (Å²) in [6.07, 6.45) is 3.22. The van der Waals surface area contributed by atoms with Gasteiger partial charge in [0.25, 0.3) is 0 Å². The molecule has 0 saturated carbocycles. The fourth-order valence-corrected chi connectivity index (χ4v) is 2.11. The van der Waals surface area contributed by atoms with E-state index in [0.717, 1.165) is 25.9 Å². The third-order valence-electron chi connectivity index (χ3n) is 1.59. The van der Waals surface area contributed by atoms with Gasteiger partial charge >= 0.3 is 0 Å². The summed E-state index contributed by atoms with van der Waals surface area (Å²) in [6.45, 7) is 4.52. The Labute approximate surface area is 79.1 Å². The monoisotopic (exact) mass is 190 g/mol. The molecule has 3 heteroatoms. The van der Waals surface area contributed by atoms with Crippen molar-refractivity contribution in [1.82, 2.24) is 0 Å². The van der Waals surface area contributed by atoms with Crippen LogP contribution in [0.5, 0.6) is 0 Å². The highest BCUT2D eigenvalue weighted by molar-refractivity contribution is 8.14. The largest absolute Gasteiger partial charge is 0.385 e. The highest BCUT2D eigenvalue weighted by Crippen LogP contribution is 2.20. The van der Waals surface area contributed by atoms with E-state index in [1.165, 1.54) is 11.8 Å². The molecule has 0 aromatic rings. The van der Waals surface area contributed by atoms with Gasteiger partial charge in [0.15, 0.2) is 5.12 Å². The summed E-state index contributed by atoms with van der Waals surface area (Å²) in [5, 5.41) is 0.664. The minimum absolute atomic E-state index is 0.213. The van der Waals surface area contributed by atoms with Crippen molar-refractivity contribution in [2.24, 2.45) is 0 Å². The van der Waals surface area contributed by atoms with Crippen LogP contribution in [0.1, 0.15) is 33.1 Å². The van der Waals surface area contributed by atoms with Crippen LogP contribution in [0.15, 0.2) is 0 Å². The summed E-state index contributed by atoms with van der Waals surface area (Å²) >= 11 is 1.45. The minimum Gasteiger partial charge on any atom is -0.385 e. The summed E-state index contributed by atoms with van der Waals surface area (Å²) in [7, 11) is 1.70. The van der Waals surface area contributed by atoms with E-state index in [9.17, 15) is 4.79 Å². The molecule has 0 aliphatic carbocycles. The average molecular weight is 190 g/mol. The maximum Gasteiger partial charge on any atom is 0.186 e. The third-order valence-corrected chi connectivity index (χ3v) is 2.72. The predicted octanol–water partition coefficient (Wildman–Crippen LogP) is 2.47. The fraction of sp³-hybridized carbons (Fsp3) is 0.889. The Morgan fingerprint density at radius 2 is 2.17 bits per heavy atom. The molecular formula is C9H18O2S. The van der Waals surface area contributed by atoms with Crippen molar-refractivity contribution in [1.29, 1.82) is 0 Å². The molecule has 0 fully saturated rings. The Morgan fingerprint density at radius 3 is 2.58 bits per heavy atom. The zero-order valence-electron chi connectivity index (χ0n) is 8.13. The average Bonchev–Trinajstić information content (AvgIpc) is 2.00. The fourth-order valence-electron chi connectivity index (χ4n) is 1.07. The molecule has 0 amide bonds. The molecule has 2 nitrogen and oxygen atoms in total. The molecule has 0 aliphatic rings. The van der Waals surface area contributed by atoms with Gasteiger partial charge in [-0.15, -0.1) is 0 Å². The Morgan fingerprint density at radius 1 is 1.50 bits per heavy atom. The van der Waals surface area contributed by atoms with Gasteiger partial charge in [-0.2, -0.15) is 0 Å². The minimum atomic E-state index is 0.213. The highest BCUT2D eigenvalue weighted by Gasteiger charge is 2.10. The van der Waals surface area contributed by atoms with E-state index in [0.29, 0.717) is 5.25 Å². The molecule has 0 aromatic carbocycles. The van der Waals surface area contributed by atoms with Gasteiger partial charge in [0.1, 0.15) is 0 Å². The van der Waals surface area contributed by atoms with E-state index in [4.69, 9.17) is 4.74 Å². The number of methoxy groups -OCH3 is 1. The number of carbonyl (C=O) groups is 1. The summed E-state index contributed by atoms with van der Waals surface area (Å²) in [5.74, 6) is 0. The van der Waals surface area contributed by atoms with Gasteiger partial charge in [-0.3, -0.25) is 4.79 Å². The van der Waals surface area contributed by atoms with Gasteiger partial charge in [0.2, 0.25) is 0 Å². The van der Waals surface area contributed by atoms with Crippen molar-refractivity contribution >= 4 is 16.9 Å². The molecule has 0 N–H and O–H groups in total. The van der Waals surface area contributed by atoms with Crippen molar-refractivity contribution in [2.75, 3.05) is 13.7 Å². The predicted molar refractivity (Wildman–Crippen MR) is 53.5 cm³/mol. The molecular weight excluding hydrogens is 172 g/mol. The number of hydrogen-bond acceptors (Lipinski definition) is 3. The lowest BCUT2D eigenvalue weighted by molar-refractivity contribution is -0.109. The van der Waals surface area contributed by atoms with E-state index in [1.54, 1.807) is 14.0 Å². The van der Waals surface area contributed by atoms with Crippen molar-refractivity contribution in [3.05, 3.63) is 0 Å². The number of carbonyl (C=O) groups excluding carboxylic acids is 1. The van der Waals surface area contributed by atoms with Crippen LogP contribution in [-0.2, 0) is 9.53 Å². The second-order valence-electron chi connectivity index (χ2n) is 2.80. The van der Waals surface area contributed by atoms with Crippen LogP contribution in [0.25, 0.3) is 0 Å². The molecule has 0 bridgehead atoms. The van der Waals surface area contributed by atoms with Gasteiger partial charge < -0.3 is 4.74 Å². The quantitative estimate of drug-likeness (QED) is 0.643. The molecule has 0 aliphatic heterocycles. The van der Waals surface area contributed by atoms with Crippen LogP contribution in [0.2, 0.25) is 0 Å². The van der Waals surface area contributed by atoms with Crippen molar-refractivity contribution in [3.8, 4) is 0 Å². The molecule has 0 saturated heterocycles. The lowest BCUT2D eigenvalue weighted by Gasteiger charge is -2.12. The van der Waals surface area contributed by atoms with Crippen LogP contribution in [0.4, 0.5) is 0 Å². The first-order chi connectivity index (χ1) is 5.70. The molecule has 1 atom stereocenters. The van der Waals surface area contributed by atoms with Gasteiger partial charge in [-0.1, -0.05) is 25.1 Å². The lowest BCUT2D eigenvalue weighted by Crippen LogP contribution is -2.08. The normalized spacial score (nSPS) is 12.9. The van der Waals surface area contributed by atoms with E-state index in [2.05, 4.69) is 6.92 Å². The maximum absolute atomic E-state index is 10.8.